The van der Waals surface area contributed by atoms with Crippen molar-refractivity contribution in [1.82, 2.24) is 10.3 Å². The second-order valence-electron chi connectivity index (χ2n) is 7.53. The minimum absolute atomic E-state index is 0.348. The van der Waals surface area contributed by atoms with Crippen molar-refractivity contribution in [3.63, 3.8) is 0 Å². The first kappa shape index (κ1) is 20.5. The van der Waals surface area contributed by atoms with Gasteiger partial charge in [0.25, 0.3) is 5.91 Å². The van der Waals surface area contributed by atoms with E-state index in [2.05, 4.69) is 10.3 Å². The van der Waals surface area contributed by atoms with Crippen LogP contribution in [-0.4, -0.2) is 23.5 Å². The van der Waals surface area contributed by atoms with Gasteiger partial charge in [0, 0.05) is 17.5 Å². The summed E-state index contributed by atoms with van der Waals surface area (Å²) in [6, 6.07) is 28.0. The van der Waals surface area contributed by atoms with E-state index in [0.717, 1.165) is 16.5 Å². The first-order chi connectivity index (χ1) is 16.2. The SMILES string of the molecule is O=C(COC(=O)c1cccc2cccc(-c3nc4ccccc4o3)c12)NCc1ccccc1. The van der Waals surface area contributed by atoms with Crippen LogP contribution < -0.4 is 5.32 Å². The largest absolute Gasteiger partial charge is 0.452 e. The van der Waals surface area contributed by atoms with Crippen LogP contribution in [0.3, 0.4) is 0 Å². The van der Waals surface area contributed by atoms with E-state index in [0.29, 0.717) is 34.5 Å². The zero-order valence-corrected chi connectivity index (χ0v) is 17.7. The number of nitrogens with zero attached hydrogens (tertiary/aromatic N) is 1. The van der Waals surface area contributed by atoms with E-state index in [1.807, 2.05) is 78.9 Å². The molecule has 0 atom stereocenters. The van der Waals surface area contributed by atoms with Crippen molar-refractivity contribution in [2.45, 2.75) is 6.54 Å². The van der Waals surface area contributed by atoms with E-state index in [9.17, 15) is 9.59 Å². The molecular formula is C27H20N2O4. The molecule has 1 amide bonds. The number of carbonyl (C=O) groups excluding carboxylic acids is 2. The second kappa shape index (κ2) is 8.96. The Bertz CT molecular complexity index is 1420. The van der Waals surface area contributed by atoms with Crippen molar-refractivity contribution in [2.75, 3.05) is 6.61 Å². The molecule has 4 aromatic carbocycles. The molecule has 0 spiro atoms. The number of benzene rings is 4. The van der Waals surface area contributed by atoms with Gasteiger partial charge in [-0.1, -0.05) is 66.7 Å². The van der Waals surface area contributed by atoms with Crippen LogP contribution in [0.4, 0.5) is 0 Å². The average molecular weight is 436 g/mol. The topological polar surface area (TPSA) is 81.4 Å². The van der Waals surface area contributed by atoms with Crippen LogP contribution in [0.5, 0.6) is 0 Å². The molecule has 0 aliphatic rings. The lowest BCUT2D eigenvalue weighted by Gasteiger charge is -2.10. The first-order valence-corrected chi connectivity index (χ1v) is 10.5. The van der Waals surface area contributed by atoms with Gasteiger partial charge in [0.05, 0.1) is 5.56 Å². The molecule has 162 valence electrons. The zero-order valence-electron chi connectivity index (χ0n) is 17.7. The van der Waals surface area contributed by atoms with Gasteiger partial charge in [-0.3, -0.25) is 4.79 Å². The van der Waals surface area contributed by atoms with Gasteiger partial charge in [-0.05, 0) is 35.2 Å². The Morgan fingerprint density at radius 1 is 0.848 bits per heavy atom. The Morgan fingerprint density at radius 3 is 2.42 bits per heavy atom. The van der Waals surface area contributed by atoms with Crippen molar-refractivity contribution in [3.05, 3.63) is 102 Å². The molecule has 33 heavy (non-hydrogen) atoms. The number of carbonyl (C=O) groups is 2. The lowest BCUT2D eigenvalue weighted by Crippen LogP contribution is -2.28. The Labute approximate surface area is 189 Å². The summed E-state index contributed by atoms with van der Waals surface area (Å²) in [7, 11) is 0. The number of aromatic nitrogens is 1. The number of para-hydroxylation sites is 2. The molecule has 6 heteroatoms. The fourth-order valence-corrected chi connectivity index (χ4v) is 3.73. The number of ether oxygens (including phenoxy) is 1. The number of oxazole rings is 1. The number of rotatable bonds is 6. The zero-order chi connectivity index (χ0) is 22.6. The summed E-state index contributed by atoms with van der Waals surface area (Å²) in [6.45, 7) is 0.000467. The predicted molar refractivity (Wildman–Crippen MR) is 126 cm³/mol. The fourth-order valence-electron chi connectivity index (χ4n) is 3.73. The number of amides is 1. The minimum atomic E-state index is -0.584. The molecule has 1 heterocycles. The summed E-state index contributed by atoms with van der Waals surface area (Å²) in [5, 5.41) is 4.27. The lowest BCUT2D eigenvalue weighted by atomic mass is 9.99. The number of esters is 1. The maximum Gasteiger partial charge on any atom is 0.339 e. The highest BCUT2D eigenvalue weighted by Gasteiger charge is 2.19. The van der Waals surface area contributed by atoms with E-state index >= 15 is 0 Å². The standard InChI is InChI=1S/C27H20N2O4/c30-24(28-16-18-8-2-1-3-9-18)17-32-27(31)21-13-7-11-19-10-6-12-20(25(19)21)26-29-22-14-4-5-15-23(22)33-26/h1-15H,16-17H2,(H,28,30). The van der Waals surface area contributed by atoms with Crippen LogP contribution in [-0.2, 0) is 16.1 Å². The van der Waals surface area contributed by atoms with E-state index < -0.39 is 5.97 Å². The number of hydrogen-bond donors (Lipinski definition) is 1. The van der Waals surface area contributed by atoms with Gasteiger partial charge < -0.3 is 14.5 Å². The quantitative estimate of drug-likeness (QED) is 0.374. The molecule has 0 radical (unpaired) electrons. The van der Waals surface area contributed by atoms with Gasteiger partial charge in [-0.25, -0.2) is 9.78 Å². The maximum absolute atomic E-state index is 12.9. The van der Waals surface area contributed by atoms with Gasteiger partial charge >= 0.3 is 5.97 Å². The smallest absolute Gasteiger partial charge is 0.339 e. The summed E-state index contributed by atoms with van der Waals surface area (Å²) >= 11 is 0. The van der Waals surface area contributed by atoms with Gasteiger partial charge in [0.2, 0.25) is 5.89 Å². The number of nitrogens with one attached hydrogen (secondary N) is 1. The molecule has 0 saturated heterocycles. The highest BCUT2D eigenvalue weighted by molar-refractivity contribution is 6.10. The summed E-state index contributed by atoms with van der Waals surface area (Å²) in [5.41, 5.74) is 3.40. The fraction of sp³-hybridized carbons (Fsp3) is 0.0741. The minimum Gasteiger partial charge on any atom is -0.452 e. The molecule has 0 saturated carbocycles. The summed E-state index contributed by atoms with van der Waals surface area (Å²) < 4.78 is 11.3. The number of hydrogen-bond acceptors (Lipinski definition) is 5. The third-order valence-electron chi connectivity index (χ3n) is 5.32. The third kappa shape index (κ3) is 4.32. The molecule has 0 aliphatic heterocycles. The van der Waals surface area contributed by atoms with E-state index in [1.165, 1.54) is 0 Å². The summed E-state index contributed by atoms with van der Waals surface area (Å²) in [4.78, 5) is 29.7. The van der Waals surface area contributed by atoms with Gasteiger partial charge in [-0.2, -0.15) is 0 Å². The van der Waals surface area contributed by atoms with Crippen LogP contribution in [0.15, 0.2) is 95.4 Å². The molecule has 6 nitrogen and oxygen atoms in total. The van der Waals surface area contributed by atoms with Crippen molar-refractivity contribution in [3.8, 4) is 11.5 Å². The Hall–Kier alpha value is -4.45. The molecule has 1 aromatic heterocycles. The molecule has 0 fully saturated rings. The van der Waals surface area contributed by atoms with Crippen molar-refractivity contribution in [1.29, 1.82) is 0 Å². The van der Waals surface area contributed by atoms with Gasteiger partial charge in [-0.15, -0.1) is 0 Å². The highest BCUT2D eigenvalue weighted by atomic mass is 16.5. The van der Waals surface area contributed by atoms with Crippen LogP contribution in [0.25, 0.3) is 33.3 Å². The second-order valence-corrected chi connectivity index (χ2v) is 7.53. The average Bonchev–Trinajstić information content (AvgIpc) is 3.30. The Kier molecular flexibility index (Phi) is 5.55. The van der Waals surface area contributed by atoms with Crippen LogP contribution in [0, 0.1) is 0 Å². The monoisotopic (exact) mass is 436 g/mol. The van der Waals surface area contributed by atoms with E-state index in [1.54, 1.807) is 12.1 Å². The van der Waals surface area contributed by atoms with Gasteiger partial charge in [0.15, 0.2) is 12.2 Å². The molecule has 0 aliphatic carbocycles. The maximum atomic E-state index is 12.9. The normalized spacial score (nSPS) is 10.9. The molecule has 5 aromatic rings. The highest BCUT2D eigenvalue weighted by Crippen LogP contribution is 2.33. The first-order valence-electron chi connectivity index (χ1n) is 10.5. The van der Waals surface area contributed by atoms with Crippen LogP contribution >= 0.6 is 0 Å². The van der Waals surface area contributed by atoms with Crippen LogP contribution in [0.2, 0.25) is 0 Å². The predicted octanol–water partition coefficient (Wildman–Crippen LogP) is 5.12. The van der Waals surface area contributed by atoms with Crippen molar-refractivity contribution >= 4 is 33.7 Å². The van der Waals surface area contributed by atoms with Crippen molar-refractivity contribution in [2.24, 2.45) is 0 Å². The van der Waals surface area contributed by atoms with Gasteiger partial charge in [0.1, 0.15) is 5.52 Å². The molecule has 0 bridgehead atoms. The molecule has 1 N–H and O–H groups in total. The van der Waals surface area contributed by atoms with E-state index in [4.69, 9.17) is 9.15 Å². The van der Waals surface area contributed by atoms with E-state index in [-0.39, 0.29) is 12.5 Å². The summed E-state index contributed by atoms with van der Waals surface area (Å²) in [6.07, 6.45) is 0. The lowest BCUT2D eigenvalue weighted by molar-refractivity contribution is -0.124. The summed E-state index contributed by atoms with van der Waals surface area (Å²) in [5.74, 6) is -0.534. The molecule has 0 unspecified atom stereocenters. The third-order valence-corrected chi connectivity index (χ3v) is 5.32. The molecule has 5 rings (SSSR count). The Balaban J connectivity index is 1.38. The Morgan fingerprint density at radius 2 is 1.61 bits per heavy atom. The molecular weight excluding hydrogens is 416 g/mol. The van der Waals surface area contributed by atoms with Crippen LogP contribution in [0.1, 0.15) is 15.9 Å². The number of fused-ring (bicyclic) bond motifs is 2. The van der Waals surface area contributed by atoms with Crippen molar-refractivity contribution < 1.29 is 18.7 Å².